The van der Waals surface area contributed by atoms with Crippen LogP contribution < -0.4 is 0 Å². The molecule has 0 unspecified atom stereocenters. The predicted molar refractivity (Wildman–Crippen MR) is 86.9 cm³/mol. The predicted octanol–water partition coefficient (Wildman–Crippen LogP) is 3.50. The Balaban J connectivity index is 1.54. The highest BCUT2D eigenvalue weighted by Crippen LogP contribution is 2.23. The first kappa shape index (κ1) is 15.5. The van der Waals surface area contributed by atoms with Crippen LogP contribution in [0.15, 0.2) is 36.4 Å². The lowest BCUT2D eigenvalue weighted by Crippen LogP contribution is -2.48. The number of hydrogen-bond donors (Lipinski definition) is 0. The number of carbonyl (C=O) groups is 1. The summed E-state index contributed by atoms with van der Waals surface area (Å²) >= 11 is 7.20. The van der Waals surface area contributed by atoms with Crippen LogP contribution in [0, 0.1) is 5.82 Å². The van der Waals surface area contributed by atoms with Gasteiger partial charge in [0.25, 0.3) is 5.91 Å². The van der Waals surface area contributed by atoms with Crippen LogP contribution in [-0.2, 0) is 6.54 Å². The van der Waals surface area contributed by atoms with Crippen molar-refractivity contribution in [3.05, 3.63) is 57.0 Å². The summed E-state index contributed by atoms with van der Waals surface area (Å²) in [5.74, 6) is -0.160. The molecule has 0 aliphatic carbocycles. The zero-order valence-electron chi connectivity index (χ0n) is 12.0. The minimum Gasteiger partial charge on any atom is -0.335 e. The molecule has 22 heavy (non-hydrogen) atoms. The SMILES string of the molecule is O=C(c1ccc(Cl)s1)N1CCN(Cc2ccc(F)cc2)CC1. The molecule has 1 aromatic heterocycles. The molecule has 1 saturated heterocycles. The van der Waals surface area contributed by atoms with Crippen LogP contribution in [0.5, 0.6) is 0 Å². The molecule has 1 aliphatic heterocycles. The maximum absolute atomic E-state index is 12.9. The van der Waals surface area contributed by atoms with E-state index < -0.39 is 0 Å². The molecule has 6 heteroatoms. The largest absolute Gasteiger partial charge is 0.335 e. The first-order chi connectivity index (χ1) is 10.6. The van der Waals surface area contributed by atoms with Crippen LogP contribution in [0.25, 0.3) is 0 Å². The number of amides is 1. The van der Waals surface area contributed by atoms with E-state index in [1.54, 1.807) is 24.3 Å². The molecule has 0 N–H and O–H groups in total. The molecule has 0 atom stereocenters. The highest BCUT2D eigenvalue weighted by atomic mass is 35.5. The van der Waals surface area contributed by atoms with Crippen molar-refractivity contribution in [3.8, 4) is 0 Å². The normalized spacial score (nSPS) is 16.0. The monoisotopic (exact) mass is 338 g/mol. The minimum atomic E-state index is -0.214. The summed E-state index contributed by atoms with van der Waals surface area (Å²) in [4.78, 5) is 17.2. The second-order valence-corrected chi connectivity index (χ2v) is 7.01. The van der Waals surface area contributed by atoms with Crippen LogP contribution in [0.3, 0.4) is 0 Å². The van der Waals surface area contributed by atoms with Crippen LogP contribution in [0.4, 0.5) is 4.39 Å². The lowest BCUT2D eigenvalue weighted by Gasteiger charge is -2.34. The van der Waals surface area contributed by atoms with E-state index in [1.165, 1.54) is 23.5 Å². The molecule has 3 nitrogen and oxygen atoms in total. The fourth-order valence-corrected chi connectivity index (χ4v) is 3.55. The third-order valence-corrected chi connectivity index (χ3v) is 4.98. The summed E-state index contributed by atoms with van der Waals surface area (Å²) < 4.78 is 13.5. The third-order valence-electron chi connectivity index (χ3n) is 3.76. The van der Waals surface area contributed by atoms with Crippen LogP contribution in [0.1, 0.15) is 15.2 Å². The van der Waals surface area contributed by atoms with Crippen molar-refractivity contribution >= 4 is 28.8 Å². The smallest absolute Gasteiger partial charge is 0.264 e. The Hall–Kier alpha value is -1.43. The number of halogens is 2. The van der Waals surface area contributed by atoms with Crippen molar-refractivity contribution in [2.45, 2.75) is 6.54 Å². The molecule has 0 spiro atoms. The fourth-order valence-electron chi connectivity index (χ4n) is 2.54. The lowest BCUT2D eigenvalue weighted by molar-refractivity contribution is 0.0633. The molecule has 0 bridgehead atoms. The van der Waals surface area contributed by atoms with E-state index in [4.69, 9.17) is 11.6 Å². The van der Waals surface area contributed by atoms with Gasteiger partial charge in [0, 0.05) is 32.7 Å². The van der Waals surface area contributed by atoms with Crippen molar-refractivity contribution < 1.29 is 9.18 Å². The summed E-state index contributed by atoms with van der Waals surface area (Å²) in [6.07, 6.45) is 0. The summed E-state index contributed by atoms with van der Waals surface area (Å²) in [5.41, 5.74) is 1.09. The van der Waals surface area contributed by atoms with E-state index in [1.807, 2.05) is 4.90 Å². The Morgan fingerprint density at radius 3 is 2.36 bits per heavy atom. The molecule has 0 saturated carbocycles. The Morgan fingerprint density at radius 2 is 1.77 bits per heavy atom. The second-order valence-electron chi connectivity index (χ2n) is 5.30. The van der Waals surface area contributed by atoms with E-state index >= 15 is 0 Å². The molecule has 1 amide bonds. The first-order valence-corrected chi connectivity index (χ1v) is 8.33. The van der Waals surface area contributed by atoms with Crippen molar-refractivity contribution in [1.29, 1.82) is 0 Å². The average Bonchev–Trinajstić information content (AvgIpc) is 2.96. The Labute approximate surface area is 137 Å². The number of piperazine rings is 1. The Bertz CT molecular complexity index is 650. The van der Waals surface area contributed by atoms with Gasteiger partial charge < -0.3 is 4.90 Å². The van der Waals surface area contributed by atoms with Gasteiger partial charge in [0.1, 0.15) is 5.82 Å². The van der Waals surface area contributed by atoms with Gasteiger partial charge in [-0.05, 0) is 29.8 Å². The molecule has 0 radical (unpaired) electrons. The molecule has 1 fully saturated rings. The van der Waals surface area contributed by atoms with Crippen LogP contribution in [0.2, 0.25) is 4.34 Å². The molecular formula is C16H16ClFN2OS. The quantitative estimate of drug-likeness (QED) is 0.855. The highest BCUT2D eigenvalue weighted by Gasteiger charge is 2.23. The van der Waals surface area contributed by atoms with E-state index in [0.29, 0.717) is 22.3 Å². The topological polar surface area (TPSA) is 23.6 Å². The maximum Gasteiger partial charge on any atom is 0.264 e. The summed E-state index contributed by atoms with van der Waals surface area (Å²) in [6.45, 7) is 3.84. The van der Waals surface area contributed by atoms with Gasteiger partial charge in [-0.1, -0.05) is 23.7 Å². The van der Waals surface area contributed by atoms with E-state index in [0.717, 1.165) is 25.2 Å². The first-order valence-electron chi connectivity index (χ1n) is 7.13. The number of nitrogens with zero attached hydrogens (tertiary/aromatic N) is 2. The number of thiophene rings is 1. The number of carbonyl (C=O) groups excluding carboxylic acids is 1. The van der Waals surface area contributed by atoms with Gasteiger partial charge in [-0.25, -0.2) is 4.39 Å². The molecule has 2 aromatic rings. The van der Waals surface area contributed by atoms with Crippen molar-refractivity contribution in [1.82, 2.24) is 9.80 Å². The van der Waals surface area contributed by atoms with Gasteiger partial charge >= 0.3 is 0 Å². The number of hydrogen-bond acceptors (Lipinski definition) is 3. The van der Waals surface area contributed by atoms with Crippen molar-refractivity contribution in [2.75, 3.05) is 26.2 Å². The third kappa shape index (κ3) is 3.66. The van der Waals surface area contributed by atoms with Gasteiger partial charge in [0.2, 0.25) is 0 Å². The van der Waals surface area contributed by atoms with Gasteiger partial charge in [-0.15, -0.1) is 11.3 Å². The second kappa shape index (κ2) is 6.77. The molecule has 2 heterocycles. The lowest BCUT2D eigenvalue weighted by atomic mass is 10.2. The molecule has 1 aliphatic rings. The van der Waals surface area contributed by atoms with Crippen molar-refractivity contribution in [2.24, 2.45) is 0 Å². The van der Waals surface area contributed by atoms with Gasteiger partial charge in [-0.3, -0.25) is 9.69 Å². The zero-order valence-corrected chi connectivity index (χ0v) is 13.5. The van der Waals surface area contributed by atoms with E-state index in [2.05, 4.69) is 4.90 Å². The fraction of sp³-hybridized carbons (Fsp3) is 0.312. The van der Waals surface area contributed by atoms with Gasteiger partial charge in [0.05, 0.1) is 9.21 Å². The Kier molecular flexibility index (Phi) is 4.76. The van der Waals surface area contributed by atoms with Crippen LogP contribution in [-0.4, -0.2) is 41.9 Å². The zero-order chi connectivity index (χ0) is 15.5. The van der Waals surface area contributed by atoms with E-state index in [-0.39, 0.29) is 11.7 Å². The minimum absolute atomic E-state index is 0.0540. The van der Waals surface area contributed by atoms with Gasteiger partial charge in [-0.2, -0.15) is 0 Å². The standard InChI is InChI=1S/C16H16ClFN2OS/c17-15-6-5-14(22-15)16(21)20-9-7-19(8-10-20)11-12-1-3-13(18)4-2-12/h1-6H,7-11H2. The molecule has 1 aromatic carbocycles. The summed E-state index contributed by atoms with van der Waals surface area (Å²) in [7, 11) is 0. The summed E-state index contributed by atoms with van der Waals surface area (Å²) in [5, 5.41) is 0. The Morgan fingerprint density at radius 1 is 1.09 bits per heavy atom. The summed E-state index contributed by atoms with van der Waals surface area (Å²) in [6, 6.07) is 10.1. The molecule has 3 rings (SSSR count). The van der Waals surface area contributed by atoms with Crippen molar-refractivity contribution in [3.63, 3.8) is 0 Å². The van der Waals surface area contributed by atoms with Gasteiger partial charge in [0.15, 0.2) is 0 Å². The maximum atomic E-state index is 12.9. The van der Waals surface area contributed by atoms with E-state index in [9.17, 15) is 9.18 Å². The number of rotatable bonds is 3. The molecular weight excluding hydrogens is 323 g/mol. The van der Waals surface area contributed by atoms with Crippen LogP contribution >= 0.6 is 22.9 Å². The molecule has 116 valence electrons. The number of benzene rings is 1. The average molecular weight is 339 g/mol. The highest BCUT2D eigenvalue weighted by molar-refractivity contribution is 7.17.